The summed E-state index contributed by atoms with van der Waals surface area (Å²) in [6, 6.07) is 17.4. The molecule has 0 saturated carbocycles. The summed E-state index contributed by atoms with van der Waals surface area (Å²) in [5.41, 5.74) is 1.94. The molecule has 2 aromatic rings. The number of rotatable bonds is 6. The van der Waals surface area contributed by atoms with E-state index >= 15 is 0 Å². The first-order chi connectivity index (χ1) is 12.6. The number of piperidine rings is 1. The van der Waals surface area contributed by atoms with E-state index in [1.807, 2.05) is 23.1 Å². The van der Waals surface area contributed by atoms with Gasteiger partial charge in [0.05, 0.1) is 12.7 Å². The fourth-order valence-corrected chi connectivity index (χ4v) is 3.70. The van der Waals surface area contributed by atoms with Gasteiger partial charge in [-0.3, -0.25) is 9.00 Å². The van der Waals surface area contributed by atoms with Crippen molar-refractivity contribution in [2.45, 2.75) is 30.3 Å². The van der Waals surface area contributed by atoms with Crippen LogP contribution in [0.4, 0.5) is 0 Å². The molecule has 1 fully saturated rings. The van der Waals surface area contributed by atoms with Crippen LogP contribution in [0.2, 0.25) is 0 Å². The second kappa shape index (κ2) is 9.10. The van der Waals surface area contributed by atoms with E-state index in [0.717, 1.165) is 43.9 Å². The Bertz CT molecular complexity index is 738. The van der Waals surface area contributed by atoms with Gasteiger partial charge in [0.1, 0.15) is 0 Å². The topological polar surface area (TPSA) is 46.6 Å². The average Bonchev–Trinajstić information content (AvgIpc) is 2.69. The molecule has 3 rings (SSSR count). The van der Waals surface area contributed by atoms with Crippen molar-refractivity contribution in [2.75, 3.05) is 26.0 Å². The Morgan fingerprint density at radius 3 is 2.35 bits per heavy atom. The predicted molar refractivity (Wildman–Crippen MR) is 104 cm³/mol. The number of hydrogen-bond acceptors (Lipinski definition) is 3. The number of likely N-dealkylation sites (tertiary alicyclic amines) is 1. The van der Waals surface area contributed by atoms with Gasteiger partial charge in [0.15, 0.2) is 0 Å². The molecule has 0 N–H and O–H groups in total. The fraction of sp³-hybridized carbons (Fsp3) is 0.381. The van der Waals surface area contributed by atoms with Gasteiger partial charge in [-0.15, -0.1) is 0 Å². The maximum Gasteiger partial charge on any atom is 0.253 e. The Morgan fingerprint density at radius 1 is 1.08 bits per heavy atom. The van der Waals surface area contributed by atoms with Gasteiger partial charge in [-0.05, 0) is 49.1 Å². The lowest BCUT2D eigenvalue weighted by Gasteiger charge is -2.32. The molecule has 1 aliphatic rings. The smallest absolute Gasteiger partial charge is 0.253 e. The molecule has 0 bridgehead atoms. The summed E-state index contributed by atoms with van der Waals surface area (Å²) in [6.45, 7) is 2.16. The maximum atomic E-state index is 12.6. The minimum absolute atomic E-state index is 0.0428. The van der Waals surface area contributed by atoms with E-state index in [9.17, 15) is 9.00 Å². The zero-order valence-electron chi connectivity index (χ0n) is 15.1. The summed E-state index contributed by atoms with van der Waals surface area (Å²) in [5, 5.41) is 0. The first-order valence-corrected chi connectivity index (χ1v) is 10.6. The number of carbonyl (C=O) groups is 1. The molecule has 1 aliphatic heterocycles. The zero-order chi connectivity index (χ0) is 18.4. The van der Waals surface area contributed by atoms with Crippen LogP contribution in [0.3, 0.4) is 0 Å². The van der Waals surface area contributed by atoms with E-state index in [1.165, 1.54) is 5.56 Å². The predicted octanol–water partition coefficient (Wildman–Crippen LogP) is 3.29. The van der Waals surface area contributed by atoms with Gasteiger partial charge >= 0.3 is 0 Å². The fourth-order valence-electron chi connectivity index (χ4n) is 3.19. The molecular weight excluding hydrogens is 346 g/mol. The molecule has 5 heteroatoms. The van der Waals surface area contributed by atoms with E-state index in [4.69, 9.17) is 4.74 Å². The normalized spacial score (nSPS) is 16.4. The van der Waals surface area contributed by atoms with Gasteiger partial charge < -0.3 is 9.64 Å². The number of nitrogens with zero attached hydrogens (tertiary/aromatic N) is 1. The van der Waals surface area contributed by atoms with Crippen molar-refractivity contribution in [2.24, 2.45) is 0 Å². The van der Waals surface area contributed by atoms with E-state index in [1.54, 1.807) is 30.5 Å². The summed E-state index contributed by atoms with van der Waals surface area (Å²) in [7, 11) is -1.02. The van der Waals surface area contributed by atoms with Crippen molar-refractivity contribution in [3.05, 3.63) is 65.7 Å². The van der Waals surface area contributed by atoms with E-state index in [0.29, 0.717) is 5.56 Å². The van der Waals surface area contributed by atoms with E-state index in [-0.39, 0.29) is 12.0 Å². The van der Waals surface area contributed by atoms with Gasteiger partial charge in [-0.25, -0.2) is 0 Å². The number of carbonyl (C=O) groups excluding carboxylic acids is 1. The Hall–Kier alpha value is -1.98. The van der Waals surface area contributed by atoms with Crippen molar-refractivity contribution in [1.82, 2.24) is 4.90 Å². The van der Waals surface area contributed by atoms with Crippen molar-refractivity contribution in [3.63, 3.8) is 0 Å². The highest BCUT2D eigenvalue weighted by molar-refractivity contribution is 7.84. The molecule has 0 spiro atoms. The number of benzene rings is 2. The molecule has 1 heterocycles. The number of ether oxygens (including phenoxy) is 1. The highest BCUT2D eigenvalue weighted by Crippen LogP contribution is 2.17. The first kappa shape index (κ1) is 18.8. The molecule has 1 unspecified atom stereocenters. The van der Waals surface area contributed by atoms with Crippen LogP contribution in [-0.2, 0) is 22.0 Å². The molecule has 0 radical (unpaired) electrons. The third-order valence-electron chi connectivity index (χ3n) is 4.75. The summed E-state index contributed by atoms with van der Waals surface area (Å²) < 4.78 is 17.4. The van der Waals surface area contributed by atoms with Crippen molar-refractivity contribution in [3.8, 4) is 0 Å². The Kier molecular flexibility index (Phi) is 6.58. The molecule has 2 aromatic carbocycles. The molecule has 138 valence electrons. The molecule has 26 heavy (non-hydrogen) atoms. The highest BCUT2D eigenvalue weighted by atomic mass is 32.2. The lowest BCUT2D eigenvalue weighted by Crippen LogP contribution is -2.41. The average molecular weight is 372 g/mol. The Balaban J connectivity index is 1.44. The molecule has 1 amide bonds. The second-order valence-electron chi connectivity index (χ2n) is 6.58. The third-order valence-corrected chi connectivity index (χ3v) is 5.69. The number of amides is 1. The van der Waals surface area contributed by atoms with Crippen LogP contribution in [-0.4, -0.2) is 47.1 Å². The van der Waals surface area contributed by atoms with Crippen LogP contribution in [0, 0.1) is 0 Å². The largest absolute Gasteiger partial charge is 0.378 e. The number of hydrogen-bond donors (Lipinski definition) is 0. The van der Waals surface area contributed by atoms with Crippen LogP contribution in [0.5, 0.6) is 0 Å². The molecule has 0 aromatic heterocycles. The molecule has 4 nitrogen and oxygen atoms in total. The van der Waals surface area contributed by atoms with Gasteiger partial charge in [0, 0.05) is 40.6 Å². The van der Waals surface area contributed by atoms with E-state index in [2.05, 4.69) is 12.1 Å². The van der Waals surface area contributed by atoms with Crippen molar-refractivity contribution >= 4 is 16.7 Å². The Morgan fingerprint density at radius 2 is 1.73 bits per heavy atom. The Labute approximate surface area is 157 Å². The van der Waals surface area contributed by atoms with Gasteiger partial charge in [0.25, 0.3) is 5.91 Å². The molecule has 0 aliphatic carbocycles. The minimum Gasteiger partial charge on any atom is -0.378 e. The monoisotopic (exact) mass is 371 g/mol. The second-order valence-corrected chi connectivity index (χ2v) is 7.96. The molecular formula is C21H25NO3S. The summed E-state index contributed by atoms with van der Waals surface area (Å²) in [5.74, 6) is 0.0428. The molecule has 1 saturated heterocycles. The van der Waals surface area contributed by atoms with Crippen molar-refractivity contribution in [1.29, 1.82) is 0 Å². The first-order valence-electron chi connectivity index (χ1n) is 9.02. The minimum atomic E-state index is -1.02. The van der Waals surface area contributed by atoms with Crippen LogP contribution < -0.4 is 0 Å². The van der Waals surface area contributed by atoms with Gasteiger partial charge in [0.2, 0.25) is 0 Å². The summed E-state index contributed by atoms with van der Waals surface area (Å²) in [4.78, 5) is 15.2. The van der Waals surface area contributed by atoms with Crippen LogP contribution in [0.25, 0.3) is 0 Å². The van der Waals surface area contributed by atoms with E-state index < -0.39 is 10.8 Å². The summed E-state index contributed by atoms with van der Waals surface area (Å²) >= 11 is 0. The third kappa shape index (κ3) is 5.02. The van der Waals surface area contributed by atoms with Gasteiger partial charge in [-0.1, -0.05) is 30.3 Å². The molecule has 1 atom stereocenters. The van der Waals surface area contributed by atoms with Crippen molar-refractivity contribution < 1.29 is 13.7 Å². The SMILES string of the molecule is CS(=O)c1ccc(C(=O)N2CCC(OCCc3ccccc3)CC2)cc1. The van der Waals surface area contributed by atoms with Crippen LogP contribution >= 0.6 is 0 Å². The standard InChI is InChI=1S/C21H25NO3S/c1-26(24)20-9-7-18(8-10-20)21(23)22-14-11-19(12-15-22)25-16-13-17-5-3-2-4-6-17/h2-10,19H,11-16H2,1H3. The zero-order valence-corrected chi connectivity index (χ0v) is 15.9. The quantitative estimate of drug-likeness (QED) is 0.783. The maximum absolute atomic E-state index is 12.6. The lowest BCUT2D eigenvalue weighted by atomic mass is 10.1. The van der Waals surface area contributed by atoms with Gasteiger partial charge in [-0.2, -0.15) is 0 Å². The lowest BCUT2D eigenvalue weighted by molar-refractivity contribution is 0.0100. The van der Waals surface area contributed by atoms with Crippen LogP contribution in [0.1, 0.15) is 28.8 Å². The summed E-state index contributed by atoms with van der Waals surface area (Å²) in [6.07, 6.45) is 4.53. The van der Waals surface area contributed by atoms with Crippen LogP contribution in [0.15, 0.2) is 59.5 Å². The highest BCUT2D eigenvalue weighted by Gasteiger charge is 2.24.